The van der Waals surface area contributed by atoms with E-state index >= 15 is 0 Å². The summed E-state index contributed by atoms with van der Waals surface area (Å²) in [4.78, 5) is 25.6. The van der Waals surface area contributed by atoms with Crippen molar-refractivity contribution in [1.82, 2.24) is 5.32 Å². The molecular weight excluding hydrogens is 330 g/mol. The van der Waals surface area contributed by atoms with Crippen LogP contribution in [0.15, 0.2) is 48.5 Å². The number of piperidine rings is 1. The van der Waals surface area contributed by atoms with Gasteiger partial charge in [0.05, 0.1) is 14.2 Å². The molecule has 4 rings (SSSR count). The van der Waals surface area contributed by atoms with E-state index in [-0.39, 0.29) is 11.9 Å². The van der Waals surface area contributed by atoms with Gasteiger partial charge in [-0.2, -0.15) is 0 Å². The summed E-state index contributed by atoms with van der Waals surface area (Å²) >= 11 is 0. The molecule has 1 aliphatic carbocycles. The first-order valence-electron chi connectivity index (χ1n) is 8.70. The van der Waals surface area contributed by atoms with Crippen LogP contribution in [0.4, 0.5) is 0 Å². The number of benzene rings is 2. The van der Waals surface area contributed by atoms with Gasteiger partial charge in [-0.1, -0.05) is 36.4 Å². The maximum atomic E-state index is 13.1. The van der Waals surface area contributed by atoms with E-state index in [0.29, 0.717) is 25.0 Å². The van der Waals surface area contributed by atoms with Crippen molar-refractivity contribution < 1.29 is 19.1 Å². The second kappa shape index (κ2) is 5.87. The lowest BCUT2D eigenvalue weighted by molar-refractivity contribution is -0.161. The zero-order valence-electron chi connectivity index (χ0n) is 14.9. The molecule has 1 aliphatic heterocycles. The van der Waals surface area contributed by atoms with E-state index in [1.54, 1.807) is 7.11 Å². The maximum absolute atomic E-state index is 13.1. The van der Waals surface area contributed by atoms with Crippen LogP contribution < -0.4 is 10.1 Å². The fourth-order valence-corrected chi connectivity index (χ4v) is 4.68. The van der Waals surface area contributed by atoms with Crippen LogP contribution in [0.1, 0.15) is 29.5 Å². The van der Waals surface area contributed by atoms with Crippen molar-refractivity contribution in [3.8, 4) is 5.75 Å². The highest BCUT2D eigenvalue weighted by molar-refractivity contribution is 5.89. The van der Waals surface area contributed by atoms with Gasteiger partial charge in [-0.15, -0.1) is 0 Å². The molecule has 1 saturated heterocycles. The fourth-order valence-electron chi connectivity index (χ4n) is 4.68. The molecule has 0 spiro atoms. The molecule has 1 heterocycles. The lowest BCUT2D eigenvalue weighted by atomic mass is 9.61. The Morgan fingerprint density at radius 1 is 1.12 bits per heavy atom. The van der Waals surface area contributed by atoms with Crippen LogP contribution in [-0.2, 0) is 26.3 Å². The largest absolute Gasteiger partial charge is 0.497 e. The number of carbonyl (C=O) groups excluding carboxylic acids is 2. The standard InChI is InChI=1S/C21H21NO4/c1-25-16-9-8-14-13-20(19(24)26-2)11-10-18(23)22-21(20,17(14)12-16)15-6-4-3-5-7-15/h3-9,12H,10-11,13H2,1-2H3,(H,22,23)/t20-,21+/m0/s1. The van der Waals surface area contributed by atoms with Crippen LogP contribution in [0.2, 0.25) is 0 Å². The Morgan fingerprint density at radius 2 is 1.88 bits per heavy atom. The molecule has 1 amide bonds. The molecule has 2 aromatic carbocycles. The Kier molecular flexibility index (Phi) is 3.75. The Bertz CT molecular complexity index is 879. The summed E-state index contributed by atoms with van der Waals surface area (Å²) in [7, 11) is 3.02. The first-order chi connectivity index (χ1) is 12.6. The summed E-state index contributed by atoms with van der Waals surface area (Å²) in [5.74, 6) is 0.333. The normalized spacial score (nSPS) is 26.5. The third kappa shape index (κ3) is 2.03. The van der Waals surface area contributed by atoms with Gasteiger partial charge in [0, 0.05) is 6.42 Å². The number of hydrogen-bond acceptors (Lipinski definition) is 4. The lowest BCUT2D eigenvalue weighted by Crippen LogP contribution is -2.63. The van der Waals surface area contributed by atoms with E-state index < -0.39 is 11.0 Å². The fraction of sp³-hybridized carbons (Fsp3) is 0.333. The Morgan fingerprint density at radius 3 is 2.58 bits per heavy atom. The Hall–Kier alpha value is -2.82. The van der Waals surface area contributed by atoms with Crippen molar-refractivity contribution in [1.29, 1.82) is 0 Å². The first kappa shape index (κ1) is 16.6. The second-order valence-electron chi connectivity index (χ2n) is 6.94. The third-order valence-corrected chi connectivity index (χ3v) is 5.82. The SMILES string of the molecule is COC(=O)[C@@]12CCC(=O)N[C@]1(c1ccccc1)c1cc(OC)ccc1C2. The highest BCUT2D eigenvalue weighted by Gasteiger charge is 2.66. The third-order valence-electron chi connectivity index (χ3n) is 5.82. The molecule has 0 aromatic heterocycles. The quantitative estimate of drug-likeness (QED) is 0.863. The predicted molar refractivity (Wildman–Crippen MR) is 95.7 cm³/mol. The summed E-state index contributed by atoms with van der Waals surface area (Å²) in [5.41, 5.74) is 0.987. The minimum Gasteiger partial charge on any atom is -0.497 e. The topological polar surface area (TPSA) is 64.6 Å². The van der Waals surface area contributed by atoms with E-state index in [1.807, 2.05) is 48.5 Å². The van der Waals surface area contributed by atoms with E-state index in [0.717, 1.165) is 16.7 Å². The van der Waals surface area contributed by atoms with Crippen LogP contribution in [0.25, 0.3) is 0 Å². The molecule has 2 aromatic rings. The van der Waals surface area contributed by atoms with Gasteiger partial charge >= 0.3 is 5.97 Å². The minimum atomic E-state index is -0.958. The molecule has 0 unspecified atom stereocenters. The van der Waals surface area contributed by atoms with Gasteiger partial charge < -0.3 is 14.8 Å². The van der Waals surface area contributed by atoms with E-state index in [4.69, 9.17) is 9.47 Å². The molecule has 1 fully saturated rings. The molecule has 1 N–H and O–H groups in total. The summed E-state index contributed by atoms with van der Waals surface area (Å²) in [6, 6.07) is 15.5. The summed E-state index contributed by atoms with van der Waals surface area (Å²) in [6.45, 7) is 0. The number of nitrogens with one attached hydrogen (secondary N) is 1. The average molecular weight is 351 g/mol. The number of carbonyl (C=O) groups is 2. The average Bonchev–Trinajstić information content (AvgIpc) is 2.99. The van der Waals surface area contributed by atoms with Gasteiger partial charge in [0.2, 0.25) is 5.91 Å². The molecule has 5 nitrogen and oxygen atoms in total. The number of hydrogen-bond donors (Lipinski definition) is 1. The molecule has 134 valence electrons. The van der Waals surface area contributed by atoms with Crippen LogP contribution in [-0.4, -0.2) is 26.1 Å². The summed E-state index contributed by atoms with van der Waals surface area (Å²) in [5, 5.41) is 3.18. The lowest BCUT2D eigenvalue weighted by Gasteiger charge is -2.48. The number of rotatable bonds is 3. The van der Waals surface area contributed by atoms with Crippen LogP contribution in [0.5, 0.6) is 5.75 Å². The second-order valence-corrected chi connectivity index (χ2v) is 6.94. The number of esters is 1. The zero-order chi connectivity index (χ0) is 18.4. The van der Waals surface area contributed by atoms with Gasteiger partial charge in [0.25, 0.3) is 0 Å². The predicted octanol–water partition coefficient (Wildman–Crippen LogP) is 2.56. The smallest absolute Gasteiger partial charge is 0.315 e. The molecule has 0 radical (unpaired) electrons. The molecule has 2 aliphatic rings. The highest BCUT2D eigenvalue weighted by Crippen LogP contribution is 2.59. The monoisotopic (exact) mass is 351 g/mol. The number of ether oxygens (including phenoxy) is 2. The summed E-state index contributed by atoms with van der Waals surface area (Å²) < 4.78 is 10.7. The van der Waals surface area contributed by atoms with Crippen molar-refractivity contribution in [2.75, 3.05) is 14.2 Å². The van der Waals surface area contributed by atoms with Crippen molar-refractivity contribution >= 4 is 11.9 Å². The van der Waals surface area contributed by atoms with E-state index in [2.05, 4.69) is 5.32 Å². The first-order valence-corrected chi connectivity index (χ1v) is 8.70. The van der Waals surface area contributed by atoms with Gasteiger partial charge in [-0.25, -0.2) is 0 Å². The van der Waals surface area contributed by atoms with Crippen molar-refractivity contribution in [2.24, 2.45) is 5.41 Å². The van der Waals surface area contributed by atoms with Gasteiger partial charge in [0.15, 0.2) is 0 Å². The Balaban J connectivity index is 2.06. The molecule has 0 saturated carbocycles. The molecule has 2 atom stereocenters. The summed E-state index contributed by atoms with van der Waals surface area (Å²) in [6.07, 6.45) is 1.26. The van der Waals surface area contributed by atoms with Crippen molar-refractivity contribution in [3.63, 3.8) is 0 Å². The van der Waals surface area contributed by atoms with Crippen molar-refractivity contribution in [2.45, 2.75) is 24.8 Å². The number of fused-ring (bicyclic) bond motifs is 3. The maximum Gasteiger partial charge on any atom is 0.315 e. The Labute approximate surface area is 152 Å². The van der Waals surface area contributed by atoms with E-state index in [9.17, 15) is 9.59 Å². The number of amides is 1. The molecular formula is C21H21NO4. The van der Waals surface area contributed by atoms with Crippen LogP contribution in [0, 0.1) is 5.41 Å². The highest BCUT2D eigenvalue weighted by atomic mass is 16.5. The molecule has 0 bridgehead atoms. The van der Waals surface area contributed by atoms with Gasteiger partial charge in [0.1, 0.15) is 16.7 Å². The number of methoxy groups -OCH3 is 2. The van der Waals surface area contributed by atoms with Gasteiger partial charge in [-0.05, 0) is 41.7 Å². The van der Waals surface area contributed by atoms with Crippen LogP contribution in [0.3, 0.4) is 0 Å². The molecule has 26 heavy (non-hydrogen) atoms. The van der Waals surface area contributed by atoms with E-state index in [1.165, 1.54) is 7.11 Å². The zero-order valence-corrected chi connectivity index (χ0v) is 14.9. The molecule has 5 heteroatoms. The van der Waals surface area contributed by atoms with Crippen LogP contribution >= 0.6 is 0 Å². The van der Waals surface area contributed by atoms with Gasteiger partial charge in [-0.3, -0.25) is 9.59 Å². The van der Waals surface area contributed by atoms with Crippen molar-refractivity contribution in [3.05, 3.63) is 65.2 Å². The minimum absolute atomic E-state index is 0.0657.